The maximum atomic E-state index is 12.5. The first-order valence-electron chi connectivity index (χ1n) is 7.94. The normalized spacial score (nSPS) is 16.5. The number of carbonyl (C=O) groups is 1. The standard InChI is InChI=1S/C17H20N4O3/c1-4-13-19-17-18-10(3)14(16(23)24-5-2)15(21(17)20-13)11-7-6-8-12(22)9-11/h6-9,15,22H,4-5H2,1-3H3,(H,18,19,20). The summed E-state index contributed by atoms with van der Waals surface area (Å²) in [4.78, 5) is 17.0. The Labute approximate surface area is 140 Å². The number of hydrogen-bond acceptors (Lipinski definition) is 6. The van der Waals surface area contributed by atoms with Crippen LogP contribution in [0.2, 0.25) is 0 Å². The maximum Gasteiger partial charge on any atom is 0.338 e. The molecule has 7 heteroatoms. The van der Waals surface area contributed by atoms with E-state index in [1.54, 1.807) is 29.8 Å². The van der Waals surface area contributed by atoms with Gasteiger partial charge < -0.3 is 15.2 Å². The number of ether oxygens (including phenoxy) is 1. The molecule has 0 spiro atoms. The molecule has 1 aliphatic rings. The van der Waals surface area contributed by atoms with Crippen LogP contribution in [0.25, 0.3) is 0 Å². The molecule has 126 valence electrons. The van der Waals surface area contributed by atoms with Gasteiger partial charge in [-0.05, 0) is 31.5 Å². The molecule has 0 aliphatic carbocycles. The summed E-state index contributed by atoms with van der Waals surface area (Å²) in [6, 6.07) is 6.30. The highest BCUT2D eigenvalue weighted by atomic mass is 16.5. The van der Waals surface area contributed by atoms with Crippen LogP contribution in [0.5, 0.6) is 5.75 Å². The molecule has 0 bridgehead atoms. The van der Waals surface area contributed by atoms with E-state index in [9.17, 15) is 9.90 Å². The molecule has 0 amide bonds. The van der Waals surface area contributed by atoms with E-state index in [2.05, 4.69) is 15.4 Å². The van der Waals surface area contributed by atoms with Crippen LogP contribution in [0.3, 0.4) is 0 Å². The topological polar surface area (TPSA) is 89.3 Å². The first kappa shape index (κ1) is 16.0. The molecule has 1 atom stereocenters. The molecular weight excluding hydrogens is 308 g/mol. The number of fused-ring (bicyclic) bond motifs is 1. The molecule has 7 nitrogen and oxygen atoms in total. The van der Waals surface area contributed by atoms with Gasteiger partial charge in [-0.1, -0.05) is 19.1 Å². The lowest BCUT2D eigenvalue weighted by atomic mass is 9.95. The quantitative estimate of drug-likeness (QED) is 0.838. The van der Waals surface area contributed by atoms with Crippen molar-refractivity contribution >= 4 is 11.9 Å². The Balaban J connectivity index is 2.17. The summed E-state index contributed by atoms with van der Waals surface area (Å²) in [5.74, 6) is 0.977. The van der Waals surface area contributed by atoms with E-state index in [4.69, 9.17) is 4.74 Å². The third kappa shape index (κ3) is 2.73. The van der Waals surface area contributed by atoms with E-state index in [0.717, 1.165) is 5.56 Å². The van der Waals surface area contributed by atoms with Crippen LogP contribution in [0, 0.1) is 0 Å². The lowest BCUT2D eigenvalue weighted by Gasteiger charge is -2.28. The number of phenols is 1. The van der Waals surface area contributed by atoms with Crippen LogP contribution in [-0.2, 0) is 16.0 Å². The molecular formula is C17H20N4O3. The Kier molecular flexibility index (Phi) is 4.24. The number of nitrogens with one attached hydrogen (secondary N) is 1. The second-order valence-corrected chi connectivity index (χ2v) is 5.53. The number of esters is 1. The fraction of sp³-hybridized carbons (Fsp3) is 0.353. The van der Waals surface area contributed by atoms with Crippen LogP contribution in [0.15, 0.2) is 35.5 Å². The van der Waals surface area contributed by atoms with E-state index in [1.165, 1.54) is 0 Å². The molecule has 1 unspecified atom stereocenters. The molecule has 0 fully saturated rings. The van der Waals surface area contributed by atoms with Crippen molar-refractivity contribution in [3.05, 3.63) is 46.9 Å². The Hall–Kier alpha value is -2.83. The number of aromatic nitrogens is 3. The Morgan fingerprint density at radius 1 is 1.42 bits per heavy atom. The van der Waals surface area contributed by atoms with Gasteiger partial charge in [-0.15, -0.1) is 0 Å². The zero-order valence-electron chi connectivity index (χ0n) is 13.9. The van der Waals surface area contributed by atoms with Crippen molar-refractivity contribution in [1.29, 1.82) is 0 Å². The minimum Gasteiger partial charge on any atom is -0.508 e. The smallest absolute Gasteiger partial charge is 0.338 e. The van der Waals surface area contributed by atoms with E-state index >= 15 is 0 Å². The van der Waals surface area contributed by atoms with Crippen molar-refractivity contribution in [3.63, 3.8) is 0 Å². The highest BCUT2D eigenvalue weighted by Crippen LogP contribution is 2.36. The van der Waals surface area contributed by atoms with Crippen molar-refractivity contribution in [3.8, 4) is 5.75 Å². The third-order valence-electron chi connectivity index (χ3n) is 3.89. The molecule has 3 rings (SSSR count). The van der Waals surface area contributed by atoms with Gasteiger partial charge in [0.15, 0.2) is 5.82 Å². The molecule has 2 heterocycles. The van der Waals surface area contributed by atoms with Gasteiger partial charge in [-0.2, -0.15) is 10.1 Å². The second kappa shape index (κ2) is 6.35. The van der Waals surface area contributed by atoms with Gasteiger partial charge in [0.05, 0.1) is 12.2 Å². The number of anilines is 1. The van der Waals surface area contributed by atoms with Gasteiger partial charge in [0.2, 0.25) is 5.95 Å². The monoisotopic (exact) mass is 328 g/mol. The van der Waals surface area contributed by atoms with Gasteiger partial charge in [0, 0.05) is 12.1 Å². The molecule has 2 aromatic rings. The van der Waals surface area contributed by atoms with Crippen molar-refractivity contribution in [2.75, 3.05) is 11.9 Å². The predicted molar refractivity (Wildman–Crippen MR) is 88.6 cm³/mol. The Morgan fingerprint density at radius 2 is 2.21 bits per heavy atom. The van der Waals surface area contributed by atoms with Crippen LogP contribution >= 0.6 is 0 Å². The number of aryl methyl sites for hydroxylation is 1. The van der Waals surface area contributed by atoms with Gasteiger partial charge >= 0.3 is 5.97 Å². The summed E-state index contributed by atoms with van der Waals surface area (Å²) in [6.45, 7) is 5.83. The zero-order chi connectivity index (χ0) is 17.3. The molecule has 0 radical (unpaired) electrons. The SMILES string of the molecule is CCOC(=O)C1=C(C)Nc2nc(CC)nn2C1c1cccc(O)c1. The van der Waals surface area contributed by atoms with Crippen LogP contribution in [0.1, 0.15) is 38.2 Å². The number of aromatic hydroxyl groups is 1. The van der Waals surface area contributed by atoms with Gasteiger partial charge in [0.25, 0.3) is 0 Å². The summed E-state index contributed by atoms with van der Waals surface area (Å²) in [5, 5.41) is 17.5. The first-order valence-corrected chi connectivity index (χ1v) is 7.94. The van der Waals surface area contributed by atoms with Crippen LogP contribution in [0.4, 0.5) is 5.95 Å². The Bertz CT molecular complexity index is 810. The molecule has 0 saturated heterocycles. The Morgan fingerprint density at radius 3 is 2.88 bits per heavy atom. The minimum absolute atomic E-state index is 0.129. The number of phenolic OH excluding ortho intramolecular Hbond substituents is 1. The zero-order valence-corrected chi connectivity index (χ0v) is 13.9. The lowest BCUT2D eigenvalue weighted by molar-refractivity contribution is -0.139. The lowest BCUT2D eigenvalue weighted by Crippen LogP contribution is -2.29. The summed E-state index contributed by atoms with van der Waals surface area (Å²) in [5.41, 5.74) is 1.87. The molecule has 1 aromatic heterocycles. The van der Waals surface area contributed by atoms with E-state index in [0.29, 0.717) is 29.5 Å². The summed E-state index contributed by atoms with van der Waals surface area (Å²) >= 11 is 0. The van der Waals surface area contributed by atoms with E-state index < -0.39 is 12.0 Å². The molecule has 2 N–H and O–H groups in total. The summed E-state index contributed by atoms with van der Waals surface area (Å²) in [6.07, 6.45) is 0.683. The molecule has 0 saturated carbocycles. The number of rotatable bonds is 4. The van der Waals surface area contributed by atoms with Crippen molar-refractivity contribution in [2.24, 2.45) is 0 Å². The van der Waals surface area contributed by atoms with E-state index in [1.807, 2.05) is 19.9 Å². The van der Waals surface area contributed by atoms with Crippen molar-refractivity contribution in [1.82, 2.24) is 14.8 Å². The molecule has 24 heavy (non-hydrogen) atoms. The van der Waals surface area contributed by atoms with Gasteiger partial charge in [-0.25, -0.2) is 9.48 Å². The molecule has 1 aliphatic heterocycles. The largest absolute Gasteiger partial charge is 0.508 e. The number of allylic oxidation sites excluding steroid dienone is 1. The number of nitrogens with zero attached hydrogens (tertiary/aromatic N) is 3. The van der Waals surface area contributed by atoms with Crippen molar-refractivity contribution < 1.29 is 14.6 Å². The maximum absolute atomic E-state index is 12.5. The van der Waals surface area contributed by atoms with Gasteiger partial charge in [-0.3, -0.25) is 0 Å². The predicted octanol–water partition coefficient (Wildman–Crippen LogP) is 2.40. The highest BCUT2D eigenvalue weighted by Gasteiger charge is 2.35. The van der Waals surface area contributed by atoms with Crippen molar-refractivity contribution in [2.45, 2.75) is 33.2 Å². The average Bonchev–Trinajstić information content (AvgIpc) is 2.96. The van der Waals surface area contributed by atoms with Crippen LogP contribution in [-0.4, -0.2) is 32.4 Å². The highest BCUT2D eigenvalue weighted by molar-refractivity contribution is 5.92. The number of carbonyl (C=O) groups excluding carboxylic acids is 1. The van der Waals surface area contributed by atoms with E-state index in [-0.39, 0.29) is 12.4 Å². The molecule has 1 aromatic carbocycles. The fourth-order valence-corrected chi connectivity index (χ4v) is 2.82. The number of hydrogen-bond donors (Lipinski definition) is 2. The average molecular weight is 328 g/mol. The fourth-order valence-electron chi connectivity index (χ4n) is 2.82. The third-order valence-corrected chi connectivity index (χ3v) is 3.89. The minimum atomic E-state index is -0.500. The first-order chi connectivity index (χ1) is 11.5. The van der Waals surface area contributed by atoms with Crippen LogP contribution < -0.4 is 5.32 Å². The second-order valence-electron chi connectivity index (χ2n) is 5.53. The van der Waals surface area contributed by atoms with Gasteiger partial charge in [0.1, 0.15) is 11.8 Å². The summed E-state index contributed by atoms with van der Waals surface area (Å²) in [7, 11) is 0. The number of benzene rings is 1. The summed E-state index contributed by atoms with van der Waals surface area (Å²) < 4.78 is 6.89.